The molecule has 0 aromatic carbocycles. The summed E-state index contributed by atoms with van der Waals surface area (Å²) in [6, 6.07) is 0. The van der Waals surface area contributed by atoms with Crippen LogP contribution in [0.3, 0.4) is 0 Å². The molecule has 0 atom stereocenters. The molecule has 0 N–H and O–H groups in total. The van der Waals surface area contributed by atoms with E-state index in [0.29, 0.717) is 0 Å². The molecule has 76 valence electrons. The van der Waals surface area contributed by atoms with Crippen molar-refractivity contribution in [3.63, 3.8) is 0 Å². The predicted molar refractivity (Wildman–Crippen MR) is 54.8 cm³/mol. The molecule has 0 amide bonds. The molecule has 0 aliphatic heterocycles. The van der Waals surface area contributed by atoms with E-state index in [1.54, 1.807) is 6.08 Å². The first-order chi connectivity index (χ1) is 6.10. The van der Waals surface area contributed by atoms with Crippen LogP contribution in [-0.4, -0.2) is 18.5 Å². The number of ether oxygens (including phenoxy) is 1. The van der Waals surface area contributed by atoms with Crippen molar-refractivity contribution in [2.75, 3.05) is 6.61 Å². The fourth-order valence-corrected chi connectivity index (χ4v) is 0.972. The Labute approximate surface area is 81.0 Å². The molecule has 0 unspecified atom stereocenters. The third kappa shape index (κ3) is 6.52. The highest BCUT2D eigenvalue weighted by molar-refractivity contribution is 5.91. The zero-order valence-electron chi connectivity index (χ0n) is 9.09. The first-order valence-corrected chi connectivity index (χ1v) is 4.94. The molecule has 0 saturated carbocycles. The van der Waals surface area contributed by atoms with E-state index in [1.807, 2.05) is 13.8 Å². The molecular formula is C11H20O2. The lowest BCUT2D eigenvalue weighted by atomic mass is 10.1. The van der Waals surface area contributed by atoms with Crippen molar-refractivity contribution in [2.24, 2.45) is 0 Å². The van der Waals surface area contributed by atoms with Crippen LogP contribution in [0.15, 0.2) is 11.6 Å². The van der Waals surface area contributed by atoms with E-state index in [4.69, 9.17) is 4.74 Å². The molecule has 2 nitrogen and oxygen atoms in total. The first-order valence-electron chi connectivity index (χ1n) is 4.94. The van der Waals surface area contributed by atoms with Crippen molar-refractivity contribution in [1.29, 1.82) is 0 Å². The number of hydrogen-bond acceptors (Lipinski definition) is 2. The molecule has 0 heterocycles. The normalized spacial score (nSPS) is 10.2. The van der Waals surface area contributed by atoms with Gasteiger partial charge in [-0.2, -0.15) is 0 Å². The van der Waals surface area contributed by atoms with Crippen LogP contribution >= 0.6 is 0 Å². The third-order valence-corrected chi connectivity index (χ3v) is 1.83. The molecule has 2 heteroatoms. The number of carbonyl (C=O) groups is 1. The van der Waals surface area contributed by atoms with Gasteiger partial charge in [-0.3, -0.25) is 4.79 Å². The Morgan fingerprint density at radius 1 is 1.31 bits per heavy atom. The van der Waals surface area contributed by atoms with Crippen LogP contribution in [0.4, 0.5) is 0 Å². The molecule has 0 fully saturated rings. The van der Waals surface area contributed by atoms with E-state index < -0.39 is 0 Å². The second kappa shape index (κ2) is 6.84. The molecule has 0 rings (SSSR count). The van der Waals surface area contributed by atoms with Crippen molar-refractivity contribution in [3.05, 3.63) is 11.6 Å². The van der Waals surface area contributed by atoms with Gasteiger partial charge in [-0.15, -0.1) is 0 Å². The van der Waals surface area contributed by atoms with Crippen LogP contribution in [0.2, 0.25) is 0 Å². The fraction of sp³-hybridized carbons (Fsp3) is 0.727. The summed E-state index contributed by atoms with van der Waals surface area (Å²) >= 11 is 0. The van der Waals surface area contributed by atoms with E-state index in [1.165, 1.54) is 5.57 Å². The topological polar surface area (TPSA) is 26.3 Å². The lowest BCUT2D eigenvalue weighted by Crippen LogP contribution is -2.11. The van der Waals surface area contributed by atoms with Crippen molar-refractivity contribution >= 4 is 5.78 Å². The molecule has 0 aromatic heterocycles. The smallest absolute Gasteiger partial charge is 0.181 e. The molecule has 0 spiro atoms. The number of carbonyl (C=O) groups excluding carboxylic acids is 1. The van der Waals surface area contributed by atoms with Crippen molar-refractivity contribution in [2.45, 2.75) is 46.6 Å². The third-order valence-electron chi connectivity index (χ3n) is 1.83. The lowest BCUT2D eigenvalue weighted by molar-refractivity contribution is -0.120. The summed E-state index contributed by atoms with van der Waals surface area (Å²) in [5, 5.41) is 0. The maximum absolute atomic E-state index is 11.3. The van der Waals surface area contributed by atoms with Gasteiger partial charge in [0.25, 0.3) is 0 Å². The second-order valence-corrected chi connectivity index (χ2v) is 3.34. The van der Waals surface area contributed by atoms with Crippen molar-refractivity contribution in [3.8, 4) is 0 Å². The summed E-state index contributed by atoms with van der Waals surface area (Å²) in [6.45, 7) is 8.19. The Balaban J connectivity index is 3.90. The Bertz CT molecular complexity index is 175. The zero-order chi connectivity index (χ0) is 10.3. The van der Waals surface area contributed by atoms with Gasteiger partial charge in [-0.05, 0) is 32.8 Å². The van der Waals surface area contributed by atoms with Gasteiger partial charge in [-0.1, -0.05) is 19.4 Å². The van der Waals surface area contributed by atoms with Gasteiger partial charge >= 0.3 is 0 Å². The highest BCUT2D eigenvalue weighted by atomic mass is 16.5. The van der Waals surface area contributed by atoms with Crippen LogP contribution < -0.4 is 0 Å². The molecule has 0 saturated heterocycles. The Hall–Kier alpha value is -0.630. The highest BCUT2D eigenvalue weighted by Gasteiger charge is 2.01. The minimum Gasteiger partial charge on any atom is -0.371 e. The monoisotopic (exact) mass is 184 g/mol. The lowest BCUT2D eigenvalue weighted by Gasteiger charge is -2.05. The van der Waals surface area contributed by atoms with E-state index >= 15 is 0 Å². The zero-order valence-corrected chi connectivity index (χ0v) is 9.09. The second-order valence-electron chi connectivity index (χ2n) is 3.34. The number of allylic oxidation sites excluding steroid dienone is 1. The van der Waals surface area contributed by atoms with Gasteiger partial charge in [0, 0.05) is 0 Å². The quantitative estimate of drug-likeness (QED) is 0.593. The summed E-state index contributed by atoms with van der Waals surface area (Å²) < 4.78 is 5.20. The summed E-state index contributed by atoms with van der Waals surface area (Å²) in [5.74, 6) is 0.0763. The standard InChI is InChI=1S/C11H20O2/c1-5-10(6-2)7-11(12)8-13-9(3)4/h7,9H,5-6,8H2,1-4H3. The van der Waals surface area contributed by atoms with Gasteiger partial charge in [0.1, 0.15) is 6.61 Å². The number of ketones is 1. The molecule has 0 aromatic rings. The number of hydrogen-bond donors (Lipinski definition) is 0. The predicted octanol–water partition coefficient (Wildman–Crippen LogP) is 2.73. The van der Waals surface area contributed by atoms with Gasteiger partial charge < -0.3 is 4.74 Å². The van der Waals surface area contributed by atoms with Gasteiger partial charge in [-0.25, -0.2) is 0 Å². The van der Waals surface area contributed by atoms with Gasteiger partial charge in [0.15, 0.2) is 5.78 Å². The van der Waals surface area contributed by atoms with Crippen molar-refractivity contribution in [1.82, 2.24) is 0 Å². The van der Waals surface area contributed by atoms with Crippen LogP contribution in [0.25, 0.3) is 0 Å². The van der Waals surface area contributed by atoms with E-state index in [9.17, 15) is 4.79 Å². The first kappa shape index (κ1) is 12.4. The van der Waals surface area contributed by atoms with Crippen LogP contribution in [0.1, 0.15) is 40.5 Å². The van der Waals surface area contributed by atoms with Crippen LogP contribution in [-0.2, 0) is 9.53 Å². The van der Waals surface area contributed by atoms with E-state index in [-0.39, 0.29) is 18.5 Å². The molecule has 13 heavy (non-hydrogen) atoms. The minimum atomic E-state index is 0.0763. The summed E-state index contributed by atoms with van der Waals surface area (Å²) in [4.78, 5) is 11.3. The van der Waals surface area contributed by atoms with Crippen LogP contribution in [0, 0.1) is 0 Å². The van der Waals surface area contributed by atoms with E-state index in [2.05, 4.69) is 13.8 Å². The Morgan fingerprint density at radius 2 is 1.85 bits per heavy atom. The summed E-state index contributed by atoms with van der Waals surface area (Å²) in [6.07, 6.45) is 3.74. The summed E-state index contributed by atoms with van der Waals surface area (Å²) in [7, 11) is 0. The fourth-order valence-electron chi connectivity index (χ4n) is 0.972. The molecule has 0 bridgehead atoms. The average Bonchev–Trinajstić information content (AvgIpc) is 2.10. The highest BCUT2D eigenvalue weighted by Crippen LogP contribution is 2.05. The molecular weight excluding hydrogens is 164 g/mol. The largest absolute Gasteiger partial charge is 0.371 e. The summed E-state index contributed by atoms with van der Waals surface area (Å²) in [5.41, 5.74) is 1.19. The van der Waals surface area contributed by atoms with E-state index in [0.717, 1.165) is 12.8 Å². The van der Waals surface area contributed by atoms with Crippen LogP contribution in [0.5, 0.6) is 0 Å². The Kier molecular flexibility index (Phi) is 6.51. The average molecular weight is 184 g/mol. The maximum Gasteiger partial charge on any atom is 0.181 e. The van der Waals surface area contributed by atoms with Crippen molar-refractivity contribution < 1.29 is 9.53 Å². The SMILES string of the molecule is CCC(=CC(=O)COC(C)C)CC. The minimum absolute atomic E-state index is 0.0763. The van der Waals surface area contributed by atoms with Gasteiger partial charge in [0.2, 0.25) is 0 Å². The molecule has 0 aliphatic rings. The Morgan fingerprint density at radius 3 is 2.23 bits per heavy atom. The van der Waals surface area contributed by atoms with Gasteiger partial charge in [0.05, 0.1) is 6.10 Å². The maximum atomic E-state index is 11.3. The molecule has 0 radical (unpaired) electrons. The number of rotatable bonds is 6. The molecule has 0 aliphatic carbocycles.